The fraction of sp³-hybridized carbons (Fsp3) is 0.554. The van der Waals surface area contributed by atoms with Crippen LogP contribution in [-0.2, 0) is 118 Å². The Kier molecular flexibility index (Phi) is 21.6. The molecule has 23 rings (SSSR count). The van der Waals surface area contributed by atoms with E-state index in [9.17, 15) is 43.2 Å². The quantitative estimate of drug-likeness (QED) is 0.0779. The Hall–Kier alpha value is -10.1. The van der Waals surface area contributed by atoms with Gasteiger partial charge < -0.3 is 56.8 Å². The average molecular weight is 1820 g/mol. The molecule has 2 aromatic carbocycles. The molecule has 0 radical (unpaired) electrons. The van der Waals surface area contributed by atoms with Crippen molar-refractivity contribution in [1.82, 2.24) is 0 Å². The highest BCUT2D eigenvalue weighted by molar-refractivity contribution is 5.98. The van der Waals surface area contributed by atoms with E-state index in [0.29, 0.717) is 156 Å². The van der Waals surface area contributed by atoms with Crippen LogP contribution < -0.4 is 0 Å². The molecule has 3 spiro atoms. The Balaban J connectivity index is 0.000000122. The van der Waals surface area contributed by atoms with Crippen molar-refractivity contribution in [3.63, 3.8) is 0 Å². The molecule has 22 heteroatoms. The average Bonchev–Trinajstić information content (AvgIpc) is 1.48. The molecule has 21 aliphatic rings. The van der Waals surface area contributed by atoms with Crippen LogP contribution in [-0.4, -0.2) is 150 Å². The molecule has 0 aromatic heterocycles. The van der Waals surface area contributed by atoms with Crippen molar-refractivity contribution in [3.05, 3.63) is 243 Å². The molecular formula is C112H124O22. The lowest BCUT2D eigenvalue weighted by molar-refractivity contribution is -0.252. The molecule has 21 fully saturated rings. The van der Waals surface area contributed by atoms with Crippen molar-refractivity contribution in [1.29, 1.82) is 0 Å². The predicted octanol–water partition coefficient (Wildman–Crippen LogP) is 16.6. The van der Waals surface area contributed by atoms with Crippen molar-refractivity contribution in [2.45, 2.75) is 238 Å². The first-order valence-electron chi connectivity index (χ1n) is 48.8. The summed E-state index contributed by atoms with van der Waals surface area (Å²) in [5.41, 5.74) is 0.905. The molecule has 0 bridgehead atoms. The van der Waals surface area contributed by atoms with Gasteiger partial charge in [0.15, 0.2) is 0 Å². The zero-order chi connectivity index (χ0) is 94.3. The number of fused-ring (bicyclic) bond motifs is 30. The first-order chi connectivity index (χ1) is 64.2. The second kappa shape index (κ2) is 32.0. The van der Waals surface area contributed by atoms with E-state index in [1.54, 1.807) is 20.3 Å². The van der Waals surface area contributed by atoms with Crippen molar-refractivity contribution in [2.24, 2.45) is 123 Å². The number of rotatable bonds is 13. The number of methoxy groups -OCH3 is 2. The van der Waals surface area contributed by atoms with Gasteiger partial charge in [0.05, 0.1) is 36.1 Å². The minimum absolute atomic E-state index is 0.00472. The molecule has 2 aromatic rings. The third kappa shape index (κ3) is 11.7. The van der Waals surface area contributed by atoms with Gasteiger partial charge >= 0.3 is 41.8 Å². The lowest BCUT2D eigenvalue weighted by Crippen LogP contribution is -2.66. The van der Waals surface area contributed by atoms with E-state index in [4.69, 9.17) is 56.8 Å². The van der Waals surface area contributed by atoms with Crippen LogP contribution in [0.2, 0.25) is 0 Å². The number of benzene rings is 2. The Morgan fingerprint density at radius 1 is 0.336 bits per heavy atom. The van der Waals surface area contributed by atoms with Crippen LogP contribution in [0.5, 0.6) is 0 Å². The minimum Gasteiger partial charge on any atom is -0.458 e. The summed E-state index contributed by atoms with van der Waals surface area (Å²) in [5, 5.41) is 0. The SMILES string of the molecule is C=C1CC[C@H]2C(=C)C(=O)O[C@@H]2C2[C@H]1CC(=O)[C@]21CC[C@]2(OC)[C@@H]3[C@H]4OC(=O)C(=C)[C@@H]4CCC(=C)[C@@H]3C[C@@]21OC.C=C1CC[C@H]2C(=C)C(=O)O[C@@H]2C2[C@H]1CC(=O)[C@]21CC[C@]2(OCc3ccccc3)[C@@H]3[C@H]4OC(=O)C(=C)[C@@H]4CCC(=C)[C@@H]3C[C@@]21OCc1ccccc1.C=CCO[C@]12C[C@H]3C(=C)CC[C@H]4C(=C)C(=O)O[C@@H]4[C@H]3[C@@]1(OC(=O)C=C)CC[C@]21C(=O)C[C@H]2C(=C)CC[C@H]3C(=C)C(=O)O[C@@H]3C21. The van der Waals surface area contributed by atoms with Crippen LogP contribution in [0.3, 0.4) is 0 Å². The zero-order valence-electron chi connectivity index (χ0n) is 77.3. The number of allylic oxidation sites excluding steroid dienone is 6. The third-order valence-corrected chi connectivity index (χ3v) is 39.3. The summed E-state index contributed by atoms with van der Waals surface area (Å²) >= 11 is 0. The number of carbonyl (C=O) groups excluding carboxylic acids is 10. The monoisotopic (exact) mass is 1820 g/mol. The molecule has 704 valence electrons. The van der Waals surface area contributed by atoms with Gasteiger partial charge in [0, 0.05) is 144 Å². The summed E-state index contributed by atoms with van der Waals surface area (Å²) in [6.45, 7) is 60.0. The second-order valence-corrected chi connectivity index (χ2v) is 43.2. The number of hydrogen-bond acceptors (Lipinski definition) is 22. The standard InChI is InChI=1S/C44H46O7.C36H40O8.C32H38O7/c1-25-15-17-31-27(3)40(46)50-38(31)36-33(25)21-35(45)42(36)19-20-43(48-23-29-11-7-5-8-12-29)37-34(22-44(42,43)49-24-30-13-9-6-10-14-30)26(2)16-18-32-28(4)41(47)51-39(32)37;1-7-15-41-36-17-25-19(4)10-12-23-21(6)33(40)43-31(23)29(25)35(36,44-27(38)8-2)14-13-34(36)26(37)16-24-18(3)9-11-22-20(5)32(39)42-30(22)28(24)34;1-15-7-9-19-17(3)28(34)38-26(19)24-21(15)13-23(33)30(24)11-12-31(36-5)25-22(14-32(30,31)37-6)16(2)8-10-20-18(4)29(35)39-27(20)25/h5-14,31-34,36-39H,1-4,15-24H2;7-8,22-25,28-31H,1-6,9-17H2;19-22,24-27H,1-4,7-14H2,5-6H3/t31-,32-,33-,34-,36?,37-,38-,39-,42+,43-,44-;22-,23-,24-,25-,28?,29-,30-,31-,34+,35-,36-;19-,20-,21-,22-,24?,25-,26-,27-,30+,31-,32-/m000/s1. The van der Waals surface area contributed by atoms with E-state index in [0.717, 1.165) is 82.7 Å². The van der Waals surface area contributed by atoms with Gasteiger partial charge in [-0.2, -0.15) is 0 Å². The molecule has 33 atom stereocenters. The van der Waals surface area contributed by atoms with E-state index >= 15 is 4.79 Å². The van der Waals surface area contributed by atoms with Gasteiger partial charge in [-0.1, -0.05) is 186 Å². The number of ketones is 3. The van der Waals surface area contributed by atoms with E-state index in [-0.39, 0.29) is 156 Å². The smallest absolute Gasteiger partial charge is 0.334 e. The lowest BCUT2D eigenvalue weighted by atomic mass is 9.59. The number of ether oxygens (including phenoxy) is 12. The van der Waals surface area contributed by atoms with Crippen LogP contribution >= 0.6 is 0 Å². The molecule has 15 aliphatic carbocycles. The Labute approximate surface area is 783 Å². The lowest BCUT2D eigenvalue weighted by Gasteiger charge is -2.53. The van der Waals surface area contributed by atoms with Crippen LogP contribution in [0.15, 0.2) is 232 Å². The van der Waals surface area contributed by atoms with Crippen LogP contribution in [0.1, 0.15) is 165 Å². The summed E-state index contributed by atoms with van der Waals surface area (Å²) in [6.07, 6.45) is 13.1. The molecule has 15 saturated carbocycles. The van der Waals surface area contributed by atoms with E-state index in [1.807, 2.05) is 60.7 Å². The van der Waals surface area contributed by atoms with Gasteiger partial charge in [0.1, 0.15) is 87.6 Å². The number of carbonyl (C=O) groups is 10. The third-order valence-electron chi connectivity index (χ3n) is 39.3. The highest BCUT2D eigenvalue weighted by atomic mass is 16.6. The Morgan fingerprint density at radius 2 is 0.619 bits per heavy atom. The van der Waals surface area contributed by atoms with Crippen molar-refractivity contribution in [3.8, 4) is 0 Å². The summed E-state index contributed by atoms with van der Waals surface area (Å²) in [5.74, 6) is -7.07. The predicted molar refractivity (Wildman–Crippen MR) is 490 cm³/mol. The van der Waals surface area contributed by atoms with Crippen molar-refractivity contribution >= 4 is 59.1 Å². The fourth-order valence-corrected chi connectivity index (χ4v) is 33.9. The summed E-state index contributed by atoms with van der Waals surface area (Å²) in [7, 11) is 3.39. The second-order valence-electron chi connectivity index (χ2n) is 43.2. The topological polar surface area (TPSA) is 281 Å². The first kappa shape index (κ1) is 90.4. The largest absolute Gasteiger partial charge is 0.458 e. The number of Topliss-reactive ketones (excluding diaryl/α,β-unsaturated/α-hetero) is 3. The fourth-order valence-electron chi connectivity index (χ4n) is 33.9. The zero-order valence-corrected chi connectivity index (χ0v) is 77.3. The molecule has 6 heterocycles. The van der Waals surface area contributed by atoms with Gasteiger partial charge in [-0.3, -0.25) is 14.4 Å². The molecular weight excluding hydrogens is 1700 g/mol. The molecule has 0 amide bonds. The Bertz CT molecular complexity index is 5670. The van der Waals surface area contributed by atoms with E-state index in [2.05, 4.69) is 92.1 Å². The number of esters is 7. The van der Waals surface area contributed by atoms with Gasteiger partial charge in [-0.15, -0.1) is 6.58 Å². The van der Waals surface area contributed by atoms with Crippen molar-refractivity contribution < 1.29 is 105 Å². The highest BCUT2D eigenvalue weighted by Crippen LogP contribution is 2.82. The Morgan fingerprint density at radius 3 is 0.948 bits per heavy atom. The molecule has 134 heavy (non-hydrogen) atoms. The maximum atomic E-state index is 15.4. The molecule has 6 aliphatic heterocycles. The normalized spacial score (nSPS) is 45.2. The molecule has 3 unspecified atom stereocenters. The molecule has 22 nitrogen and oxygen atoms in total. The first-order valence-corrected chi connectivity index (χ1v) is 48.8. The maximum Gasteiger partial charge on any atom is 0.334 e. The van der Waals surface area contributed by atoms with E-state index in [1.165, 1.54) is 0 Å². The summed E-state index contributed by atoms with van der Waals surface area (Å²) < 4.78 is 78.9. The van der Waals surface area contributed by atoms with Gasteiger partial charge in [-0.25, -0.2) is 33.6 Å². The summed E-state index contributed by atoms with van der Waals surface area (Å²) in [4.78, 5) is 136. The van der Waals surface area contributed by atoms with E-state index < -0.39 is 116 Å². The van der Waals surface area contributed by atoms with Crippen LogP contribution in [0, 0.1) is 123 Å². The maximum absolute atomic E-state index is 15.4. The van der Waals surface area contributed by atoms with Gasteiger partial charge in [0.2, 0.25) is 0 Å². The summed E-state index contributed by atoms with van der Waals surface area (Å²) in [6, 6.07) is 20.1. The van der Waals surface area contributed by atoms with Gasteiger partial charge in [-0.05, 0) is 181 Å². The minimum atomic E-state index is -1.37. The highest BCUT2D eigenvalue weighted by Gasteiger charge is 2.90. The van der Waals surface area contributed by atoms with Crippen LogP contribution in [0.25, 0.3) is 0 Å². The van der Waals surface area contributed by atoms with Gasteiger partial charge in [0.25, 0.3) is 0 Å². The molecule has 6 saturated heterocycles. The van der Waals surface area contributed by atoms with Crippen molar-refractivity contribution in [2.75, 3.05) is 20.8 Å². The van der Waals surface area contributed by atoms with Crippen LogP contribution in [0.4, 0.5) is 0 Å². The number of hydrogen-bond donors (Lipinski definition) is 0. The molecule has 0 N–H and O–H groups in total.